The van der Waals surface area contributed by atoms with Crippen LogP contribution in [0.3, 0.4) is 0 Å². The maximum atomic E-state index is 13.9. The predicted octanol–water partition coefficient (Wildman–Crippen LogP) is 2.40. The van der Waals surface area contributed by atoms with E-state index >= 15 is 0 Å². The molecule has 0 saturated heterocycles. The number of carbonyl (C=O) groups is 1. The highest BCUT2D eigenvalue weighted by Gasteiger charge is 2.28. The Kier molecular flexibility index (Phi) is 4.68. The largest absolute Gasteiger partial charge is 0.352 e. The summed E-state index contributed by atoms with van der Waals surface area (Å²) < 4.78 is 49.3. The first kappa shape index (κ1) is 15.3. The van der Waals surface area contributed by atoms with Gasteiger partial charge in [-0.2, -0.15) is 0 Å². The van der Waals surface area contributed by atoms with E-state index in [0.717, 1.165) is 0 Å². The topological polar surface area (TPSA) is 63.2 Å². The summed E-state index contributed by atoms with van der Waals surface area (Å²) in [6.45, 7) is 1.68. The molecule has 1 rings (SSSR count). The SMILES string of the molecule is CCNC(=O)c1c(F)cc(Br)c(S(=O)(=O)Cl)c1F. The van der Waals surface area contributed by atoms with E-state index in [1.54, 1.807) is 6.92 Å². The molecule has 0 aliphatic carbocycles. The first-order valence-corrected chi connectivity index (χ1v) is 7.70. The number of benzene rings is 1. The van der Waals surface area contributed by atoms with E-state index in [1.807, 2.05) is 0 Å². The van der Waals surface area contributed by atoms with E-state index in [0.29, 0.717) is 6.07 Å². The van der Waals surface area contributed by atoms with Crippen molar-refractivity contribution in [3.8, 4) is 0 Å². The maximum Gasteiger partial charge on any atom is 0.265 e. The molecule has 0 aromatic heterocycles. The number of nitrogens with one attached hydrogen (secondary N) is 1. The second-order valence-corrected chi connectivity index (χ2v) is 6.51. The van der Waals surface area contributed by atoms with Crippen LogP contribution in [0.25, 0.3) is 0 Å². The van der Waals surface area contributed by atoms with Crippen LogP contribution < -0.4 is 5.32 Å². The highest BCUT2D eigenvalue weighted by Crippen LogP contribution is 2.31. The Balaban J connectivity index is 3.61. The molecule has 0 aliphatic heterocycles. The molecule has 9 heteroatoms. The van der Waals surface area contributed by atoms with Gasteiger partial charge in [0.05, 0.1) is 0 Å². The summed E-state index contributed by atoms with van der Waals surface area (Å²) in [6.07, 6.45) is 0. The minimum atomic E-state index is -4.45. The highest BCUT2D eigenvalue weighted by atomic mass is 79.9. The third-order valence-corrected chi connectivity index (χ3v) is 4.17. The molecule has 1 aromatic rings. The first-order valence-electron chi connectivity index (χ1n) is 4.60. The fourth-order valence-electron chi connectivity index (χ4n) is 1.25. The fraction of sp³-hybridized carbons (Fsp3) is 0.222. The van der Waals surface area contributed by atoms with Gasteiger partial charge in [-0.3, -0.25) is 4.79 Å². The molecule has 1 amide bonds. The van der Waals surface area contributed by atoms with Crippen LogP contribution in [0.1, 0.15) is 17.3 Å². The van der Waals surface area contributed by atoms with Crippen molar-refractivity contribution in [1.29, 1.82) is 0 Å². The summed E-state index contributed by atoms with van der Waals surface area (Å²) >= 11 is 2.68. The Bertz CT molecular complexity index is 606. The minimum Gasteiger partial charge on any atom is -0.352 e. The lowest BCUT2D eigenvalue weighted by atomic mass is 10.2. The van der Waals surface area contributed by atoms with Crippen molar-refractivity contribution in [2.75, 3.05) is 6.54 Å². The van der Waals surface area contributed by atoms with Crippen LogP contribution in [-0.2, 0) is 9.05 Å². The first-order chi connectivity index (χ1) is 8.20. The summed E-state index contributed by atoms with van der Waals surface area (Å²) in [5.41, 5.74) is -0.987. The summed E-state index contributed by atoms with van der Waals surface area (Å²) in [5.74, 6) is -3.77. The molecule has 0 heterocycles. The van der Waals surface area contributed by atoms with E-state index in [-0.39, 0.29) is 11.0 Å². The molecule has 18 heavy (non-hydrogen) atoms. The van der Waals surface area contributed by atoms with Gasteiger partial charge in [-0.15, -0.1) is 0 Å². The Labute approximate surface area is 115 Å². The maximum absolute atomic E-state index is 13.9. The van der Waals surface area contributed by atoms with Crippen LogP contribution in [-0.4, -0.2) is 20.9 Å². The molecule has 100 valence electrons. The zero-order chi connectivity index (χ0) is 14.1. The smallest absolute Gasteiger partial charge is 0.265 e. The molecule has 1 N–H and O–H groups in total. The average molecular weight is 363 g/mol. The van der Waals surface area contributed by atoms with Crippen molar-refractivity contribution in [3.05, 3.63) is 27.7 Å². The molecular formula is C9H7BrClF2NO3S. The third-order valence-electron chi connectivity index (χ3n) is 1.94. The second kappa shape index (κ2) is 5.50. The Hall–Kier alpha value is -0.730. The minimum absolute atomic E-state index is 0.136. The Morgan fingerprint density at radius 1 is 1.50 bits per heavy atom. The number of rotatable bonds is 3. The molecule has 0 unspecified atom stereocenters. The number of hydrogen-bond acceptors (Lipinski definition) is 3. The molecular weight excluding hydrogens is 356 g/mol. The van der Waals surface area contributed by atoms with E-state index in [2.05, 4.69) is 21.2 Å². The molecule has 0 atom stereocenters. The van der Waals surface area contributed by atoms with Crippen molar-refractivity contribution >= 4 is 41.6 Å². The van der Waals surface area contributed by atoms with E-state index < -0.39 is 37.1 Å². The zero-order valence-corrected chi connectivity index (χ0v) is 12.1. The van der Waals surface area contributed by atoms with Crippen molar-refractivity contribution in [1.82, 2.24) is 5.32 Å². The molecule has 4 nitrogen and oxygen atoms in total. The second-order valence-electron chi connectivity index (χ2n) is 3.16. The quantitative estimate of drug-likeness (QED) is 0.840. The fourth-order valence-corrected chi connectivity index (χ4v) is 3.61. The van der Waals surface area contributed by atoms with Gasteiger partial charge in [0.2, 0.25) is 0 Å². The van der Waals surface area contributed by atoms with Crippen LogP contribution in [0.15, 0.2) is 15.4 Å². The van der Waals surface area contributed by atoms with Crippen LogP contribution in [0.4, 0.5) is 8.78 Å². The molecule has 0 radical (unpaired) electrons. The Morgan fingerprint density at radius 2 is 2.06 bits per heavy atom. The average Bonchev–Trinajstić information content (AvgIpc) is 2.13. The summed E-state index contributed by atoms with van der Waals surface area (Å²) in [6, 6.07) is 0.670. The summed E-state index contributed by atoms with van der Waals surface area (Å²) in [7, 11) is 0.575. The number of amides is 1. The van der Waals surface area contributed by atoms with Crippen LogP contribution in [0, 0.1) is 11.6 Å². The molecule has 0 aliphatic rings. The van der Waals surface area contributed by atoms with Crippen molar-refractivity contribution < 1.29 is 22.0 Å². The highest BCUT2D eigenvalue weighted by molar-refractivity contribution is 9.10. The lowest BCUT2D eigenvalue weighted by Crippen LogP contribution is -2.25. The molecule has 0 bridgehead atoms. The molecule has 0 saturated carbocycles. The summed E-state index contributed by atoms with van der Waals surface area (Å²) in [5, 5.41) is 2.17. The van der Waals surface area contributed by atoms with Gasteiger partial charge in [-0.05, 0) is 28.9 Å². The van der Waals surface area contributed by atoms with Crippen LogP contribution in [0.2, 0.25) is 0 Å². The van der Waals surface area contributed by atoms with Gasteiger partial charge in [-0.25, -0.2) is 17.2 Å². The normalized spacial score (nSPS) is 11.4. The summed E-state index contributed by atoms with van der Waals surface area (Å²) in [4.78, 5) is 10.5. The zero-order valence-electron chi connectivity index (χ0n) is 8.93. The third kappa shape index (κ3) is 2.99. The lowest BCUT2D eigenvalue weighted by Gasteiger charge is -2.09. The standard InChI is InChI=1S/C9H7BrClF2NO3S/c1-2-14-9(15)6-5(12)3-4(10)8(7(6)13)18(11,16)17/h3H,2H2,1H3,(H,14,15). The van der Waals surface area contributed by atoms with Gasteiger partial charge in [0.25, 0.3) is 15.0 Å². The van der Waals surface area contributed by atoms with Gasteiger partial charge in [-0.1, -0.05) is 0 Å². The van der Waals surface area contributed by atoms with Gasteiger partial charge in [0, 0.05) is 21.7 Å². The van der Waals surface area contributed by atoms with Crippen molar-refractivity contribution in [2.24, 2.45) is 0 Å². The Morgan fingerprint density at radius 3 is 2.50 bits per heavy atom. The van der Waals surface area contributed by atoms with E-state index in [4.69, 9.17) is 10.7 Å². The molecule has 0 fully saturated rings. The van der Waals surface area contributed by atoms with Gasteiger partial charge >= 0.3 is 0 Å². The molecule has 0 spiro atoms. The van der Waals surface area contributed by atoms with E-state index in [9.17, 15) is 22.0 Å². The van der Waals surface area contributed by atoms with Gasteiger partial charge in [0.1, 0.15) is 16.3 Å². The lowest BCUT2D eigenvalue weighted by molar-refractivity contribution is 0.0946. The van der Waals surface area contributed by atoms with Crippen molar-refractivity contribution in [2.45, 2.75) is 11.8 Å². The number of carbonyl (C=O) groups excluding carboxylic acids is 1. The number of halogens is 4. The number of hydrogen-bond donors (Lipinski definition) is 1. The monoisotopic (exact) mass is 361 g/mol. The van der Waals surface area contributed by atoms with Crippen LogP contribution >= 0.6 is 26.6 Å². The van der Waals surface area contributed by atoms with Crippen LogP contribution in [0.5, 0.6) is 0 Å². The van der Waals surface area contributed by atoms with Gasteiger partial charge < -0.3 is 5.32 Å². The predicted molar refractivity (Wildman–Crippen MR) is 65.1 cm³/mol. The molecule has 1 aromatic carbocycles. The van der Waals surface area contributed by atoms with Crippen molar-refractivity contribution in [3.63, 3.8) is 0 Å². The van der Waals surface area contributed by atoms with Gasteiger partial charge in [0.15, 0.2) is 5.82 Å². The van der Waals surface area contributed by atoms with E-state index in [1.165, 1.54) is 0 Å².